The van der Waals surface area contributed by atoms with Crippen molar-refractivity contribution in [1.29, 1.82) is 0 Å². The number of hydrogen-bond donors (Lipinski definition) is 2. The SMILES string of the molecule is COc1cccc(-c2cc(CCCN)[nH]n2)c1. The zero-order valence-corrected chi connectivity index (χ0v) is 9.94. The minimum absolute atomic E-state index is 0.702. The molecule has 0 bridgehead atoms. The molecule has 90 valence electrons. The van der Waals surface area contributed by atoms with Crippen molar-refractivity contribution in [2.24, 2.45) is 5.73 Å². The van der Waals surface area contributed by atoms with Gasteiger partial charge in [-0.15, -0.1) is 0 Å². The number of aromatic nitrogens is 2. The maximum Gasteiger partial charge on any atom is 0.119 e. The van der Waals surface area contributed by atoms with Gasteiger partial charge in [-0.25, -0.2) is 0 Å². The number of benzene rings is 1. The predicted molar refractivity (Wildman–Crippen MR) is 68.0 cm³/mol. The Hall–Kier alpha value is -1.81. The summed E-state index contributed by atoms with van der Waals surface area (Å²) >= 11 is 0. The molecule has 4 nitrogen and oxygen atoms in total. The molecular formula is C13H17N3O. The van der Waals surface area contributed by atoms with E-state index in [0.29, 0.717) is 6.54 Å². The van der Waals surface area contributed by atoms with E-state index in [-0.39, 0.29) is 0 Å². The molecule has 1 aromatic carbocycles. The summed E-state index contributed by atoms with van der Waals surface area (Å²) in [7, 11) is 1.66. The smallest absolute Gasteiger partial charge is 0.119 e. The van der Waals surface area contributed by atoms with Crippen molar-refractivity contribution in [2.45, 2.75) is 12.8 Å². The second-order valence-corrected chi connectivity index (χ2v) is 3.90. The number of methoxy groups -OCH3 is 1. The van der Waals surface area contributed by atoms with Crippen molar-refractivity contribution < 1.29 is 4.74 Å². The lowest BCUT2D eigenvalue weighted by Gasteiger charge is -2.00. The summed E-state index contributed by atoms with van der Waals surface area (Å²) in [5, 5.41) is 7.32. The van der Waals surface area contributed by atoms with Gasteiger partial charge in [-0.1, -0.05) is 12.1 Å². The summed E-state index contributed by atoms with van der Waals surface area (Å²) in [5.41, 5.74) is 8.60. The summed E-state index contributed by atoms with van der Waals surface area (Å²) < 4.78 is 5.19. The molecule has 1 aromatic heterocycles. The van der Waals surface area contributed by atoms with Gasteiger partial charge in [0.1, 0.15) is 5.75 Å². The average molecular weight is 231 g/mol. The Bertz CT molecular complexity index is 479. The van der Waals surface area contributed by atoms with Crippen molar-refractivity contribution in [3.8, 4) is 17.0 Å². The number of nitrogens with zero attached hydrogens (tertiary/aromatic N) is 1. The van der Waals surface area contributed by atoms with Gasteiger partial charge in [0.2, 0.25) is 0 Å². The fraction of sp³-hybridized carbons (Fsp3) is 0.308. The van der Waals surface area contributed by atoms with Crippen LogP contribution in [0.4, 0.5) is 0 Å². The van der Waals surface area contributed by atoms with Crippen LogP contribution in [0.1, 0.15) is 12.1 Å². The third-order valence-electron chi connectivity index (χ3n) is 2.65. The standard InChI is InChI=1S/C13H17N3O/c1-17-12-6-2-4-10(8-12)13-9-11(15-16-13)5-3-7-14/h2,4,6,8-9H,3,5,7,14H2,1H3,(H,15,16). The Morgan fingerprint density at radius 2 is 2.24 bits per heavy atom. The number of nitrogens with two attached hydrogens (primary N) is 1. The summed E-state index contributed by atoms with van der Waals surface area (Å²) in [6.07, 6.45) is 1.91. The number of nitrogens with one attached hydrogen (secondary N) is 1. The molecule has 3 N–H and O–H groups in total. The molecule has 0 aliphatic heterocycles. The van der Waals surface area contributed by atoms with Crippen molar-refractivity contribution >= 4 is 0 Å². The van der Waals surface area contributed by atoms with Crippen molar-refractivity contribution in [3.05, 3.63) is 36.0 Å². The van der Waals surface area contributed by atoms with E-state index in [4.69, 9.17) is 10.5 Å². The number of aromatic amines is 1. The Balaban J connectivity index is 2.18. The van der Waals surface area contributed by atoms with Gasteiger partial charge in [0.25, 0.3) is 0 Å². The minimum atomic E-state index is 0.702. The highest BCUT2D eigenvalue weighted by Gasteiger charge is 2.04. The fourth-order valence-corrected chi connectivity index (χ4v) is 1.71. The van der Waals surface area contributed by atoms with Crippen molar-refractivity contribution in [3.63, 3.8) is 0 Å². The predicted octanol–water partition coefficient (Wildman–Crippen LogP) is 1.98. The molecule has 0 spiro atoms. The van der Waals surface area contributed by atoms with Gasteiger partial charge in [-0.3, -0.25) is 5.10 Å². The Morgan fingerprint density at radius 3 is 3.00 bits per heavy atom. The van der Waals surface area contributed by atoms with Gasteiger partial charge >= 0.3 is 0 Å². The summed E-state index contributed by atoms with van der Waals surface area (Å²) in [5.74, 6) is 0.842. The lowest BCUT2D eigenvalue weighted by Crippen LogP contribution is -2.00. The first-order valence-corrected chi connectivity index (χ1v) is 5.72. The van der Waals surface area contributed by atoms with Crippen LogP contribution in [0, 0.1) is 0 Å². The first-order chi connectivity index (χ1) is 8.33. The maximum absolute atomic E-state index is 5.48. The molecule has 0 aliphatic rings. The van der Waals surface area contributed by atoms with Gasteiger partial charge in [0.15, 0.2) is 0 Å². The minimum Gasteiger partial charge on any atom is -0.497 e. The quantitative estimate of drug-likeness (QED) is 0.827. The Morgan fingerprint density at radius 1 is 1.35 bits per heavy atom. The number of ether oxygens (including phenoxy) is 1. The van der Waals surface area contributed by atoms with Crippen LogP contribution in [0.15, 0.2) is 30.3 Å². The summed E-state index contributed by atoms with van der Waals surface area (Å²) in [4.78, 5) is 0. The van der Waals surface area contributed by atoms with E-state index in [1.54, 1.807) is 7.11 Å². The van der Waals surface area contributed by atoms with E-state index >= 15 is 0 Å². The maximum atomic E-state index is 5.48. The van der Waals surface area contributed by atoms with E-state index in [2.05, 4.69) is 16.3 Å². The highest BCUT2D eigenvalue weighted by molar-refractivity contribution is 5.61. The third kappa shape index (κ3) is 2.85. The molecule has 0 aliphatic carbocycles. The molecule has 0 saturated carbocycles. The molecule has 17 heavy (non-hydrogen) atoms. The highest BCUT2D eigenvalue weighted by atomic mass is 16.5. The Kier molecular flexibility index (Phi) is 3.77. The van der Waals surface area contributed by atoms with Crippen molar-refractivity contribution in [2.75, 3.05) is 13.7 Å². The topological polar surface area (TPSA) is 63.9 Å². The zero-order chi connectivity index (χ0) is 12.1. The number of hydrogen-bond acceptors (Lipinski definition) is 3. The van der Waals surface area contributed by atoms with Crippen LogP contribution >= 0.6 is 0 Å². The molecule has 2 rings (SSSR count). The van der Waals surface area contributed by atoms with Crippen LogP contribution in [0.25, 0.3) is 11.3 Å². The second-order valence-electron chi connectivity index (χ2n) is 3.90. The van der Waals surface area contributed by atoms with E-state index in [9.17, 15) is 0 Å². The lowest BCUT2D eigenvalue weighted by atomic mass is 10.1. The molecule has 2 aromatic rings. The van der Waals surface area contributed by atoms with Gasteiger partial charge in [-0.2, -0.15) is 5.10 Å². The molecule has 0 atom stereocenters. The van der Waals surface area contributed by atoms with E-state index in [1.807, 2.05) is 24.3 Å². The highest BCUT2D eigenvalue weighted by Crippen LogP contribution is 2.22. The fourth-order valence-electron chi connectivity index (χ4n) is 1.71. The van der Waals surface area contributed by atoms with E-state index in [1.165, 1.54) is 0 Å². The van der Waals surface area contributed by atoms with E-state index in [0.717, 1.165) is 35.5 Å². The van der Waals surface area contributed by atoms with E-state index < -0.39 is 0 Å². The number of H-pyrrole nitrogens is 1. The Labute approximate surface area is 101 Å². The largest absolute Gasteiger partial charge is 0.497 e. The summed E-state index contributed by atoms with van der Waals surface area (Å²) in [6, 6.07) is 9.94. The number of rotatable bonds is 5. The number of aryl methyl sites for hydroxylation is 1. The zero-order valence-electron chi connectivity index (χ0n) is 9.94. The van der Waals surface area contributed by atoms with Crippen LogP contribution in [-0.4, -0.2) is 23.9 Å². The molecular weight excluding hydrogens is 214 g/mol. The van der Waals surface area contributed by atoms with Gasteiger partial charge < -0.3 is 10.5 Å². The molecule has 0 saturated heterocycles. The van der Waals surface area contributed by atoms with Crippen molar-refractivity contribution in [1.82, 2.24) is 10.2 Å². The van der Waals surface area contributed by atoms with Crippen LogP contribution < -0.4 is 10.5 Å². The van der Waals surface area contributed by atoms with Crippen LogP contribution in [0.2, 0.25) is 0 Å². The lowest BCUT2D eigenvalue weighted by molar-refractivity contribution is 0.415. The molecule has 4 heteroatoms. The van der Waals surface area contributed by atoms with Crippen LogP contribution in [0.5, 0.6) is 5.75 Å². The third-order valence-corrected chi connectivity index (χ3v) is 2.65. The molecule has 1 heterocycles. The summed E-state index contributed by atoms with van der Waals surface area (Å²) in [6.45, 7) is 0.702. The van der Waals surface area contributed by atoms with Crippen LogP contribution in [-0.2, 0) is 6.42 Å². The molecule has 0 amide bonds. The van der Waals surface area contributed by atoms with Gasteiger partial charge in [0.05, 0.1) is 12.8 Å². The first-order valence-electron chi connectivity index (χ1n) is 5.72. The van der Waals surface area contributed by atoms with Gasteiger partial charge in [-0.05, 0) is 37.6 Å². The molecule has 0 fully saturated rings. The first kappa shape index (κ1) is 11.7. The average Bonchev–Trinajstić information content (AvgIpc) is 2.85. The monoisotopic (exact) mass is 231 g/mol. The van der Waals surface area contributed by atoms with Gasteiger partial charge in [0, 0.05) is 11.3 Å². The molecule has 0 radical (unpaired) electrons. The second kappa shape index (κ2) is 5.50. The molecule has 0 unspecified atom stereocenters. The normalized spacial score (nSPS) is 10.5. The van der Waals surface area contributed by atoms with Crippen LogP contribution in [0.3, 0.4) is 0 Å².